The van der Waals surface area contributed by atoms with Crippen LogP contribution in [0.25, 0.3) is 0 Å². The summed E-state index contributed by atoms with van der Waals surface area (Å²) in [5.74, 6) is -1.70. The Labute approximate surface area is 164 Å². The fraction of sp³-hybridized carbons (Fsp3) is 0.364. The quantitative estimate of drug-likeness (QED) is 0.457. The summed E-state index contributed by atoms with van der Waals surface area (Å²) in [6.07, 6.45) is 0. The van der Waals surface area contributed by atoms with Crippen molar-refractivity contribution < 1.29 is 28.5 Å². The van der Waals surface area contributed by atoms with Crippen LogP contribution >= 0.6 is 0 Å². The minimum Gasteiger partial charge on any atom is -0.496 e. The zero-order valence-corrected chi connectivity index (χ0v) is 16.9. The first kappa shape index (κ1) is 19.7. The van der Waals surface area contributed by atoms with E-state index in [9.17, 15) is 9.59 Å². The van der Waals surface area contributed by atoms with Gasteiger partial charge in [0.15, 0.2) is 5.92 Å². The Hall–Kier alpha value is -3.02. The van der Waals surface area contributed by atoms with Crippen molar-refractivity contribution in [3.63, 3.8) is 0 Å². The van der Waals surface area contributed by atoms with Gasteiger partial charge in [0.05, 0.1) is 21.3 Å². The lowest BCUT2D eigenvalue weighted by Crippen LogP contribution is -2.39. The van der Waals surface area contributed by atoms with E-state index >= 15 is 0 Å². The molecule has 148 valence electrons. The molecule has 0 radical (unpaired) electrons. The summed E-state index contributed by atoms with van der Waals surface area (Å²) in [6, 6.07) is 7.42. The number of esters is 2. The zero-order valence-electron chi connectivity index (χ0n) is 16.9. The van der Waals surface area contributed by atoms with E-state index in [1.165, 1.54) is 21.3 Å². The fourth-order valence-corrected chi connectivity index (χ4v) is 4.08. The number of ether oxygens (including phenoxy) is 4. The van der Waals surface area contributed by atoms with Crippen LogP contribution in [0.2, 0.25) is 0 Å². The molecule has 28 heavy (non-hydrogen) atoms. The summed E-state index contributed by atoms with van der Waals surface area (Å²) < 4.78 is 21.3. The predicted molar refractivity (Wildman–Crippen MR) is 103 cm³/mol. The molecule has 2 aromatic rings. The maximum Gasteiger partial charge on any atom is 0.326 e. The first-order valence-corrected chi connectivity index (χ1v) is 8.95. The van der Waals surface area contributed by atoms with Crippen LogP contribution in [-0.4, -0.2) is 33.3 Å². The Morgan fingerprint density at radius 3 is 2.11 bits per heavy atom. The molecule has 0 saturated heterocycles. The molecule has 0 unspecified atom stereocenters. The molecule has 0 saturated carbocycles. The molecule has 2 aromatic carbocycles. The monoisotopic (exact) mass is 384 g/mol. The molecule has 2 atom stereocenters. The van der Waals surface area contributed by atoms with E-state index in [2.05, 4.69) is 0 Å². The summed E-state index contributed by atoms with van der Waals surface area (Å²) in [5.41, 5.74) is 4.59. The predicted octanol–water partition coefficient (Wildman–Crippen LogP) is 3.47. The number of methoxy groups -OCH3 is 3. The van der Waals surface area contributed by atoms with Crippen LogP contribution in [0.1, 0.15) is 33.7 Å². The molecule has 1 aliphatic rings. The number of aryl methyl sites for hydroxylation is 3. The van der Waals surface area contributed by atoms with Crippen molar-refractivity contribution in [1.82, 2.24) is 0 Å². The maximum absolute atomic E-state index is 12.8. The highest BCUT2D eigenvalue weighted by Crippen LogP contribution is 2.50. The standard InChI is InChI=1S/C22H24O6/c1-11-7-12(2)17(13(3)8-11)19-18-15(26-5)9-14(25-4)10-16(18)28-22(24)20(19)21(23)27-6/h7-10,19-20H,1-6H3/t19-,20-/m1/s1. The molecule has 0 aromatic heterocycles. The lowest BCUT2D eigenvalue weighted by molar-refractivity contribution is -0.157. The molecule has 0 spiro atoms. The smallest absolute Gasteiger partial charge is 0.326 e. The van der Waals surface area contributed by atoms with Gasteiger partial charge in [0, 0.05) is 23.6 Å². The van der Waals surface area contributed by atoms with Crippen LogP contribution in [0.4, 0.5) is 0 Å². The van der Waals surface area contributed by atoms with Crippen LogP contribution in [0.5, 0.6) is 17.2 Å². The highest BCUT2D eigenvalue weighted by molar-refractivity contribution is 5.99. The number of carbonyl (C=O) groups excluding carboxylic acids is 2. The van der Waals surface area contributed by atoms with Crippen LogP contribution in [0.3, 0.4) is 0 Å². The van der Waals surface area contributed by atoms with E-state index in [0.717, 1.165) is 22.3 Å². The van der Waals surface area contributed by atoms with Gasteiger partial charge in [-0.2, -0.15) is 0 Å². The number of fused-ring (bicyclic) bond motifs is 1. The Morgan fingerprint density at radius 2 is 1.57 bits per heavy atom. The summed E-state index contributed by atoms with van der Waals surface area (Å²) in [7, 11) is 4.32. The number of rotatable bonds is 4. The Kier molecular flexibility index (Phi) is 5.31. The van der Waals surface area contributed by atoms with Gasteiger partial charge in [-0.1, -0.05) is 17.7 Å². The topological polar surface area (TPSA) is 71.1 Å². The normalized spacial score (nSPS) is 18.1. The van der Waals surface area contributed by atoms with E-state index in [-0.39, 0.29) is 0 Å². The van der Waals surface area contributed by atoms with Gasteiger partial charge in [0.1, 0.15) is 17.2 Å². The molecule has 1 aliphatic heterocycles. The van der Waals surface area contributed by atoms with Gasteiger partial charge in [-0.05, 0) is 37.5 Å². The second kappa shape index (κ2) is 7.54. The van der Waals surface area contributed by atoms with Gasteiger partial charge in [-0.15, -0.1) is 0 Å². The van der Waals surface area contributed by atoms with Crippen molar-refractivity contribution in [3.8, 4) is 17.2 Å². The third-order valence-corrected chi connectivity index (χ3v) is 5.15. The van der Waals surface area contributed by atoms with Crippen LogP contribution in [-0.2, 0) is 14.3 Å². The fourth-order valence-electron chi connectivity index (χ4n) is 4.08. The molecule has 1 heterocycles. The van der Waals surface area contributed by atoms with E-state index in [1.54, 1.807) is 12.1 Å². The molecular weight excluding hydrogens is 360 g/mol. The lowest BCUT2D eigenvalue weighted by atomic mass is 9.75. The second-order valence-electron chi connectivity index (χ2n) is 6.95. The van der Waals surface area contributed by atoms with Gasteiger partial charge >= 0.3 is 11.9 Å². The molecule has 0 N–H and O–H groups in total. The minimum atomic E-state index is -1.13. The highest BCUT2D eigenvalue weighted by Gasteiger charge is 2.47. The van der Waals surface area contributed by atoms with Gasteiger partial charge in [0.2, 0.25) is 0 Å². The number of hydrogen-bond acceptors (Lipinski definition) is 6. The number of hydrogen-bond donors (Lipinski definition) is 0. The van der Waals surface area contributed by atoms with Gasteiger partial charge < -0.3 is 18.9 Å². The van der Waals surface area contributed by atoms with Crippen molar-refractivity contribution in [2.75, 3.05) is 21.3 Å². The largest absolute Gasteiger partial charge is 0.496 e. The highest BCUT2D eigenvalue weighted by atomic mass is 16.6. The molecule has 3 rings (SSSR count). The summed E-state index contributed by atoms with van der Waals surface area (Å²) in [6.45, 7) is 5.95. The molecule has 6 nitrogen and oxygen atoms in total. The molecule has 0 aliphatic carbocycles. The molecule has 0 fully saturated rings. The Balaban J connectivity index is 2.36. The third kappa shape index (κ3) is 3.19. The van der Waals surface area contributed by atoms with Crippen molar-refractivity contribution in [2.45, 2.75) is 26.7 Å². The maximum atomic E-state index is 12.8. The number of carbonyl (C=O) groups is 2. The zero-order chi connectivity index (χ0) is 20.6. The molecule has 0 bridgehead atoms. The number of benzene rings is 2. The summed E-state index contributed by atoms with van der Waals surface area (Å²) in [5, 5.41) is 0. The molecular formula is C22H24O6. The van der Waals surface area contributed by atoms with Crippen molar-refractivity contribution in [2.24, 2.45) is 5.92 Å². The van der Waals surface area contributed by atoms with E-state index in [4.69, 9.17) is 18.9 Å². The Morgan fingerprint density at radius 1 is 0.929 bits per heavy atom. The molecule has 6 heteroatoms. The first-order chi connectivity index (χ1) is 13.3. The van der Waals surface area contributed by atoms with Crippen molar-refractivity contribution >= 4 is 11.9 Å². The van der Waals surface area contributed by atoms with Crippen LogP contribution < -0.4 is 14.2 Å². The second-order valence-corrected chi connectivity index (χ2v) is 6.95. The van der Waals surface area contributed by atoms with Crippen LogP contribution in [0.15, 0.2) is 24.3 Å². The summed E-state index contributed by atoms with van der Waals surface area (Å²) >= 11 is 0. The third-order valence-electron chi connectivity index (χ3n) is 5.15. The van der Waals surface area contributed by atoms with E-state index < -0.39 is 23.8 Å². The average molecular weight is 384 g/mol. The van der Waals surface area contributed by atoms with Crippen LogP contribution in [0, 0.1) is 26.7 Å². The van der Waals surface area contributed by atoms with Crippen molar-refractivity contribution in [3.05, 3.63) is 52.1 Å². The van der Waals surface area contributed by atoms with E-state index in [0.29, 0.717) is 22.8 Å². The lowest BCUT2D eigenvalue weighted by Gasteiger charge is -2.33. The molecule has 0 amide bonds. The van der Waals surface area contributed by atoms with Crippen molar-refractivity contribution in [1.29, 1.82) is 0 Å². The van der Waals surface area contributed by atoms with E-state index in [1.807, 2.05) is 32.9 Å². The summed E-state index contributed by atoms with van der Waals surface area (Å²) in [4.78, 5) is 25.4. The minimum absolute atomic E-state index is 0.325. The van der Waals surface area contributed by atoms with Gasteiger partial charge in [-0.3, -0.25) is 9.59 Å². The first-order valence-electron chi connectivity index (χ1n) is 8.95. The SMILES string of the molecule is COC(=O)[C@@H]1C(=O)Oc2cc(OC)cc(OC)c2[C@H]1c1c(C)cc(C)cc1C. The van der Waals surface area contributed by atoms with Gasteiger partial charge in [-0.25, -0.2) is 0 Å². The Bertz CT molecular complexity index is 923. The van der Waals surface area contributed by atoms with Gasteiger partial charge in [0.25, 0.3) is 0 Å². The average Bonchev–Trinajstić information content (AvgIpc) is 2.65.